The molecule has 20 heavy (non-hydrogen) atoms. The zero-order valence-electron chi connectivity index (χ0n) is 11.7. The summed E-state index contributed by atoms with van der Waals surface area (Å²) >= 11 is 5.87. The number of rotatable bonds is 8. The number of nitrogens with one attached hydrogen (secondary N) is 1. The van der Waals surface area contributed by atoms with Crippen LogP contribution in [-0.4, -0.2) is 42.2 Å². The predicted octanol–water partition coefficient (Wildman–Crippen LogP) is 1.96. The van der Waals surface area contributed by atoms with E-state index in [4.69, 9.17) is 22.4 Å². The number of carbonyl (C=O) groups excluding carboxylic acids is 1. The van der Waals surface area contributed by atoms with Gasteiger partial charge in [0.2, 0.25) is 5.91 Å². The van der Waals surface area contributed by atoms with E-state index in [1.807, 2.05) is 0 Å². The zero-order valence-corrected chi connectivity index (χ0v) is 12.5. The third-order valence-corrected chi connectivity index (χ3v) is 3.14. The Balaban J connectivity index is 2.48. The van der Waals surface area contributed by atoms with Gasteiger partial charge in [-0.05, 0) is 31.2 Å². The van der Waals surface area contributed by atoms with Crippen molar-refractivity contribution in [1.82, 2.24) is 4.90 Å². The van der Waals surface area contributed by atoms with Gasteiger partial charge >= 0.3 is 0 Å². The number of halogens is 1. The fraction of sp³-hybridized carbons (Fsp3) is 0.500. The lowest BCUT2D eigenvalue weighted by Crippen LogP contribution is -2.31. The van der Waals surface area contributed by atoms with Gasteiger partial charge in [-0.1, -0.05) is 18.5 Å². The minimum absolute atomic E-state index is 0.100. The summed E-state index contributed by atoms with van der Waals surface area (Å²) in [5.74, 6) is -0.113. The molecule has 0 fully saturated rings. The fourth-order valence-electron chi connectivity index (χ4n) is 1.90. The molecule has 1 aromatic rings. The standard InChI is InChI=1S/C14H22ClN3O2/c1-2-6-18(8-9-19)7-5-14(20)17-13-10-11(15)3-4-12(13)16/h3-4,10,19H,2,5-9,16H2,1H3,(H,17,20). The van der Waals surface area contributed by atoms with E-state index in [0.717, 1.165) is 13.0 Å². The zero-order chi connectivity index (χ0) is 15.0. The molecule has 0 saturated heterocycles. The molecule has 0 aromatic heterocycles. The minimum Gasteiger partial charge on any atom is -0.397 e. The van der Waals surface area contributed by atoms with E-state index in [-0.39, 0.29) is 12.5 Å². The molecule has 1 aromatic carbocycles. The molecule has 0 saturated carbocycles. The van der Waals surface area contributed by atoms with Crippen LogP contribution in [0.4, 0.5) is 11.4 Å². The monoisotopic (exact) mass is 299 g/mol. The maximum absolute atomic E-state index is 11.9. The number of amides is 1. The highest BCUT2D eigenvalue weighted by atomic mass is 35.5. The molecule has 6 heteroatoms. The number of anilines is 2. The second kappa shape index (κ2) is 8.79. The molecule has 0 atom stereocenters. The summed E-state index contributed by atoms with van der Waals surface area (Å²) < 4.78 is 0. The Morgan fingerprint density at radius 2 is 2.15 bits per heavy atom. The molecule has 0 spiro atoms. The Hall–Kier alpha value is -1.30. The van der Waals surface area contributed by atoms with Crippen molar-refractivity contribution in [3.63, 3.8) is 0 Å². The van der Waals surface area contributed by atoms with E-state index in [9.17, 15) is 4.79 Å². The number of carbonyl (C=O) groups is 1. The third-order valence-electron chi connectivity index (χ3n) is 2.90. The lowest BCUT2D eigenvalue weighted by atomic mass is 10.2. The summed E-state index contributed by atoms with van der Waals surface area (Å²) in [6, 6.07) is 4.97. The van der Waals surface area contributed by atoms with Crippen LogP contribution in [0.25, 0.3) is 0 Å². The summed E-state index contributed by atoms with van der Waals surface area (Å²) in [4.78, 5) is 13.9. The maximum Gasteiger partial charge on any atom is 0.225 e. The highest BCUT2D eigenvalue weighted by molar-refractivity contribution is 6.31. The average Bonchev–Trinajstić information content (AvgIpc) is 2.41. The first-order valence-electron chi connectivity index (χ1n) is 6.75. The summed E-state index contributed by atoms with van der Waals surface area (Å²) in [5.41, 5.74) is 6.80. The van der Waals surface area contributed by atoms with Gasteiger partial charge in [0.1, 0.15) is 0 Å². The molecule has 0 bridgehead atoms. The second-order valence-corrected chi connectivity index (χ2v) is 5.03. The van der Waals surface area contributed by atoms with Crippen LogP contribution >= 0.6 is 11.6 Å². The van der Waals surface area contributed by atoms with Crippen LogP contribution in [0.5, 0.6) is 0 Å². The van der Waals surface area contributed by atoms with Crippen LogP contribution in [0, 0.1) is 0 Å². The molecule has 1 rings (SSSR count). The van der Waals surface area contributed by atoms with Crippen molar-refractivity contribution in [3.05, 3.63) is 23.2 Å². The first-order chi connectivity index (χ1) is 9.56. The second-order valence-electron chi connectivity index (χ2n) is 4.59. The van der Waals surface area contributed by atoms with Crippen LogP contribution in [0.1, 0.15) is 19.8 Å². The molecular weight excluding hydrogens is 278 g/mol. The van der Waals surface area contributed by atoms with Crippen LogP contribution in [-0.2, 0) is 4.79 Å². The van der Waals surface area contributed by atoms with Crippen LogP contribution in [0.3, 0.4) is 0 Å². The number of hydrogen-bond donors (Lipinski definition) is 3. The predicted molar refractivity (Wildman–Crippen MR) is 82.9 cm³/mol. The summed E-state index contributed by atoms with van der Waals surface area (Å²) in [7, 11) is 0. The first kappa shape index (κ1) is 16.8. The van der Waals surface area contributed by atoms with Crippen LogP contribution in [0.2, 0.25) is 5.02 Å². The normalized spacial score (nSPS) is 10.8. The van der Waals surface area contributed by atoms with Crippen molar-refractivity contribution in [2.45, 2.75) is 19.8 Å². The number of aliphatic hydroxyl groups excluding tert-OH is 1. The van der Waals surface area contributed by atoms with Crippen molar-refractivity contribution < 1.29 is 9.90 Å². The molecule has 4 N–H and O–H groups in total. The lowest BCUT2D eigenvalue weighted by molar-refractivity contribution is -0.116. The SMILES string of the molecule is CCCN(CCO)CCC(=O)Nc1cc(Cl)ccc1N. The van der Waals surface area contributed by atoms with Gasteiger partial charge in [0.05, 0.1) is 18.0 Å². The van der Waals surface area contributed by atoms with Crippen molar-refractivity contribution in [2.24, 2.45) is 0 Å². The molecule has 0 aliphatic carbocycles. The van der Waals surface area contributed by atoms with Crippen LogP contribution < -0.4 is 11.1 Å². The van der Waals surface area contributed by atoms with Crippen molar-refractivity contribution >= 4 is 28.9 Å². The topological polar surface area (TPSA) is 78.6 Å². The minimum atomic E-state index is -0.113. The third kappa shape index (κ3) is 5.77. The molecule has 0 aliphatic rings. The maximum atomic E-state index is 11.9. The lowest BCUT2D eigenvalue weighted by Gasteiger charge is -2.20. The molecule has 5 nitrogen and oxygen atoms in total. The first-order valence-corrected chi connectivity index (χ1v) is 7.12. The van der Waals surface area contributed by atoms with Gasteiger partial charge < -0.3 is 21.1 Å². The Bertz CT molecular complexity index is 434. The quantitative estimate of drug-likeness (QED) is 0.641. The highest BCUT2D eigenvalue weighted by Crippen LogP contribution is 2.22. The van der Waals surface area contributed by atoms with Crippen LogP contribution in [0.15, 0.2) is 18.2 Å². The molecule has 0 unspecified atom stereocenters. The van der Waals surface area contributed by atoms with Gasteiger partial charge in [0.15, 0.2) is 0 Å². The van der Waals surface area contributed by atoms with Gasteiger partial charge in [0.25, 0.3) is 0 Å². The van der Waals surface area contributed by atoms with E-state index < -0.39 is 0 Å². The number of nitrogens with two attached hydrogens (primary N) is 1. The van der Waals surface area contributed by atoms with E-state index in [1.54, 1.807) is 18.2 Å². The van der Waals surface area contributed by atoms with E-state index in [0.29, 0.717) is 35.9 Å². The molecule has 1 amide bonds. The molecular formula is C14H22ClN3O2. The number of nitrogen functional groups attached to an aromatic ring is 1. The van der Waals surface area contributed by atoms with Gasteiger partial charge in [-0.15, -0.1) is 0 Å². The number of benzene rings is 1. The van der Waals surface area contributed by atoms with Crippen molar-refractivity contribution in [2.75, 3.05) is 37.3 Å². The average molecular weight is 300 g/mol. The molecule has 112 valence electrons. The van der Waals surface area contributed by atoms with Gasteiger partial charge in [-0.3, -0.25) is 4.79 Å². The Morgan fingerprint density at radius 3 is 2.80 bits per heavy atom. The fourth-order valence-corrected chi connectivity index (χ4v) is 2.07. The number of hydrogen-bond acceptors (Lipinski definition) is 4. The Kier molecular flexibility index (Phi) is 7.36. The van der Waals surface area contributed by atoms with Gasteiger partial charge in [-0.2, -0.15) is 0 Å². The van der Waals surface area contributed by atoms with Crippen molar-refractivity contribution in [1.29, 1.82) is 0 Å². The number of nitrogens with zero attached hydrogens (tertiary/aromatic N) is 1. The van der Waals surface area contributed by atoms with E-state index in [2.05, 4.69) is 17.1 Å². The van der Waals surface area contributed by atoms with E-state index >= 15 is 0 Å². The van der Waals surface area contributed by atoms with Gasteiger partial charge in [-0.25, -0.2) is 0 Å². The largest absolute Gasteiger partial charge is 0.397 e. The molecule has 0 aliphatic heterocycles. The Labute approximate surface area is 124 Å². The molecule has 0 heterocycles. The highest BCUT2D eigenvalue weighted by Gasteiger charge is 2.09. The summed E-state index contributed by atoms with van der Waals surface area (Å²) in [5, 5.41) is 12.2. The number of aliphatic hydroxyl groups is 1. The summed E-state index contributed by atoms with van der Waals surface area (Å²) in [6.07, 6.45) is 1.34. The van der Waals surface area contributed by atoms with Gasteiger partial charge in [0, 0.05) is 24.5 Å². The summed E-state index contributed by atoms with van der Waals surface area (Å²) in [6.45, 7) is 4.23. The Morgan fingerprint density at radius 1 is 1.40 bits per heavy atom. The van der Waals surface area contributed by atoms with E-state index in [1.165, 1.54) is 0 Å². The smallest absolute Gasteiger partial charge is 0.225 e. The molecule has 0 radical (unpaired) electrons. The van der Waals surface area contributed by atoms with Crippen molar-refractivity contribution in [3.8, 4) is 0 Å².